The third kappa shape index (κ3) is 4.10. The number of rotatable bonds is 7. The maximum absolute atomic E-state index is 8.99. The van der Waals surface area contributed by atoms with E-state index in [1.807, 2.05) is 17.8 Å². The minimum atomic E-state index is -0.0378. The molecule has 2 aromatic heterocycles. The van der Waals surface area contributed by atoms with E-state index in [2.05, 4.69) is 47.8 Å². The van der Waals surface area contributed by atoms with E-state index in [0.717, 1.165) is 29.3 Å². The Labute approximate surface area is 172 Å². The van der Waals surface area contributed by atoms with Crippen molar-refractivity contribution >= 4 is 34.9 Å². The molecular formula is C21H22N2OS3. The second-order valence-electron chi connectivity index (χ2n) is 6.43. The number of thiophene rings is 1. The summed E-state index contributed by atoms with van der Waals surface area (Å²) in [5, 5.41) is 12.1. The lowest BCUT2D eigenvalue weighted by molar-refractivity contribution is 0.287. The number of aliphatic hydroxyl groups excluding tert-OH is 1. The number of thioether (sulfide) groups is 2. The van der Waals surface area contributed by atoms with E-state index in [4.69, 9.17) is 15.8 Å². The van der Waals surface area contributed by atoms with Crippen LogP contribution in [0.4, 0.5) is 0 Å². The Morgan fingerprint density at radius 2 is 1.96 bits per heavy atom. The number of nitrogens with two attached hydrogens (primary N) is 1. The lowest BCUT2D eigenvalue weighted by atomic mass is 9.97. The molecule has 0 aliphatic carbocycles. The van der Waals surface area contributed by atoms with Gasteiger partial charge in [-0.2, -0.15) is 0 Å². The largest absolute Gasteiger partial charge is 0.396 e. The van der Waals surface area contributed by atoms with Crippen LogP contribution in [-0.4, -0.2) is 27.0 Å². The molecule has 0 saturated heterocycles. The summed E-state index contributed by atoms with van der Waals surface area (Å²) in [7, 11) is 0. The minimum absolute atomic E-state index is 0.0378. The number of pyridine rings is 1. The SMILES string of the molecule is NC1c2c(-c3ccccc3)cc(-c3cccs3)nc2SC1SCCCCO. The van der Waals surface area contributed by atoms with E-state index in [9.17, 15) is 0 Å². The van der Waals surface area contributed by atoms with Gasteiger partial charge in [0.2, 0.25) is 0 Å². The molecule has 1 aliphatic heterocycles. The van der Waals surface area contributed by atoms with Crippen LogP contribution in [0.15, 0.2) is 58.9 Å². The average Bonchev–Trinajstić information content (AvgIpc) is 3.34. The number of aromatic nitrogens is 1. The van der Waals surface area contributed by atoms with Crippen molar-refractivity contribution in [2.24, 2.45) is 5.73 Å². The van der Waals surface area contributed by atoms with Gasteiger partial charge in [-0.3, -0.25) is 0 Å². The summed E-state index contributed by atoms with van der Waals surface area (Å²) >= 11 is 5.39. The Balaban J connectivity index is 1.70. The number of hydrogen-bond acceptors (Lipinski definition) is 6. The van der Waals surface area contributed by atoms with Crippen LogP contribution in [0, 0.1) is 0 Å². The summed E-state index contributed by atoms with van der Waals surface area (Å²) < 4.78 is 0.271. The normalized spacial score (nSPS) is 18.6. The first-order valence-corrected chi connectivity index (χ1v) is 11.9. The van der Waals surface area contributed by atoms with Crippen LogP contribution in [0.5, 0.6) is 0 Å². The summed E-state index contributed by atoms with van der Waals surface area (Å²) in [6.45, 7) is 0.258. The van der Waals surface area contributed by atoms with Gasteiger partial charge in [0.1, 0.15) is 5.03 Å². The highest BCUT2D eigenvalue weighted by atomic mass is 32.2. The van der Waals surface area contributed by atoms with Gasteiger partial charge < -0.3 is 10.8 Å². The van der Waals surface area contributed by atoms with E-state index in [1.54, 1.807) is 23.1 Å². The number of hydrogen-bond donors (Lipinski definition) is 2. The molecule has 0 amide bonds. The zero-order valence-corrected chi connectivity index (χ0v) is 17.3. The lowest BCUT2D eigenvalue weighted by Crippen LogP contribution is -2.17. The average molecular weight is 415 g/mol. The van der Waals surface area contributed by atoms with Gasteiger partial charge in [-0.1, -0.05) is 48.2 Å². The van der Waals surface area contributed by atoms with Crippen LogP contribution in [-0.2, 0) is 0 Å². The van der Waals surface area contributed by atoms with Crippen LogP contribution in [0.3, 0.4) is 0 Å². The number of fused-ring (bicyclic) bond motifs is 1. The standard InChI is InChI=1S/C21H22N2OS3/c22-19-18-15(14-7-2-1-3-8-14)13-16(17-9-6-12-25-17)23-20(18)27-21(19)26-11-5-4-10-24/h1-3,6-9,12-13,19,21,24H,4-5,10-11,22H2. The van der Waals surface area contributed by atoms with Gasteiger partial charge in [0.15, 0.2) is 0 Å². The molecule has 3 heterocycles. The van der Waals surface area contributed by atoms with Gasteiger partial charge in [0.05, 0.1) is 21.2 Å². The molecule has 0 radical (unpaired) electrons. The molecule has 2 unspecified atom stereocenters. The van der Waals surface area contributed by atoms with E-state index in [-0.39, 0.29) is 17.2 Å². The molecule has 0 spiro atoms. The molecule has 4 rings (SSSR count). The second kappa shape index (κ2) is 8.80. The van der Waals surface area contributed by atoms with Gasteiger partial charge in [-0.05, 0) is 47.2 Å². The van der Waals surface area contributed by atoms with Gasteiger partial charge in [0.25, 0.3) is 0 Å². The monoisotopic (exact) mass is 414 g/mol. The zero-order chi connectivity index (χ0) is 18.6. The Bertz CT molecular complexity index is 884. The second-order valence-corrected chi connectivity index (χ2v) is 10.1. The third-order valence-electron chi connectivity index (χ3n) is 4.57. The molecule has 140 valence electrons. The molecule has 2 atom stereocenters. The maximum Gasteiger partial charge on any atom is 0.103 e. The van der Waals surface area contributed by atoms with Crippen molar-refractivity contribution in [3.05, 3.63) is 59.5 Å². The summed E-state index contributed by atoms with van der Waals surface area (Å²) in [5.74, 6) is 1.01. The highest BCUT2D eigenvalue weighted by Crippen LogP contribution is 2.51. The van der Waals surface area contributed by atoms with E-state index >= 15 is 0 Å². The molecule has 3 aromatic rings. The predicted molar refractivity (Wildman–Crippen MR) is 118 cm³/mol. The summed E-state index contributed by atoms with van der Waals surface area (Å²) in [5.41, 5.74) is 11.3. The van der Waals surface area contributed by atoms with Crippen molar-refractivity contribution in [3.63, 3.8) is 0 Å². The fourth-order valence-electron chi connectivity index (χ4n) is 3.22. The molecule has 3 N–H and O–H groups in total. The first-order chi connectivity index (χ1) is 13.3. The summed E-state index contributed by atoms with van der Waals surface area (Å²) in [6.07, 6.45) is 1.86. The van der Waals surface area contributed by atoms with Crippen LogP contribution >= 0.6 is 34.9 Å². The van der Waals surface area contributed by atoms with Gasteiger partial charge in [-0.15, -0.1) is 23.1 Å². The third-order valence-corrected chi connectivity index (χ3v) is 8.37. The molecule has 3 nitrogen and oxygen atoms in total. The smallest absolute Gasteiger partial charge is 0.103 e. The Kier molecular flexibility index (Phi) is 6.20. The summed E-state index contributed by atoms with van der Waals surface area (Å²) in [4.78, 5) is 6.15. The molecule has 1 aromatic carbocycles. The fourth-order valence-corrected chi connectivity index (χ4v) is 6.71. The summed E-state index contributed by atoms with van der Waals surface area (Å²) in [6, 6.07) is 16.8. The minimum Gasteiger partial charge on any atom is -0.396 e. The van der Waals surface area contributed by atoms with Crippen molar-refractivity contribution in [1.82, 2.24) is 4.98 Å². The molecule has 0 fully saturated rings. The zero-order valence-electron chi connectivity index (χ0n) is 14.9. The first-order valence-electron chi connectivity index (χ1n) is 9.07. The molecule has 6 heteroatoms. The van der Waals surface area contributed by atoms with Gasteiger partial charge in [0, 0.05) is 12.2 Å². The quantitative estimate of drug-likeness (QED) is 0.506. The molecule has 27 heavy (non-hydrogen) atoms. The van der Waals surface area contributed by atoms with E-state index < -0.39 is 0 Å². The highest BCUT2D eigenvalue weighted by Gasteiger charge is 2.35. The van der Waals surface area contributed by atoms with Crippen molar-refractivity contribution in [3.8, 4) is 21.7 Å². The Morgan fingerprint density at radius 1 is 1.11 bits per heavy atom. The number of aliphatic hydroxyl groups is 1. The molecule has 0 bridgehead atoms. The van der Waals surface area contributed by atoms with Crippen molar-refractivity contribution in [1.29, 1.82) is 0 Å². The lowest BCUT2D eigenvalue weighted by Gasteiger charge is -2.17. The highest BCUT2D eigenvalue weighted by molar-refractivity contribution is 8.17. The molecule has 1 aliphatic rings. The van der Waals surface area contributed by atoms with Gasteiger partial charge >= 0.3 is 0 Å². The first kappa shape index (κ1) is 19.0. The number of nitrogens with zero attached hydrogens (tertiary/aromatic N) is 1. The number of benzene rings is 1. The van der Waals surface area contributed by atoms with Crippen molar-refractivity contribution in [2.75, 3.05) is 12.4 Å². The fraction of sp³-hybridized carbons (Fsp3) is 0.286. The topological polar surface area (TPSA) is 59.1 Å². The molecule has 0 saturated carbocycles. The number of unbranched alkanes of at least 4 members (excludes halogenated alkanes) is 1. The van der Waals surface area contributed by atoms with Crippen LogP contribution in [0.2, 0.25) is 0 Å². The van der Waals surface area contributed by atoms with E-state index in [1.165, 1.54) is 21.6 Å². The predicted octanol–water partition coefficient (Wildman–Crippen LogP) is 5.41. The molecular weight excluding hydrogens is 392 g/mol. The van der Waals surface area contributed by atoms with E-state index in [0.29, 0.717) is 0 Å². The van der Waals surface area contributed by atoms with Crippen LogP contribution in [0.25, 0.3) is 21.7 Å². The van der Waals surface area contributed by atoms with Gasteiger partial charge in [-0.25, -0.2) is 4.98 Å². The Hall–Kier alpha value is -1.31. The van der Waals surface area contributed by atoms with Crippen LogP contribution < -0.4 is 5.73 Å². The van der Waals surface area contributed by atoms with Crippen molar-refractivity contribution < 1.29 is 5.11 Å². The van der Waals surface area contributed by atoms with Crippen LogP contribution in [0.1, 0.15) is 24.4 Å². The Morgan fingerprint density at radius 3 is 2.70 bits per heavy atom. The maximum atomic E-state index is 8.99. The van der Waals surface area contributed by atoms with Crippen molar-refractivity contribution in [2.45, 2.75) is 28.5 Å².